The molecule has 35 heavy (non-hydrogen) atoms. The normalized spacial score (nSPS) is 22.6. The summed E-state index contributed by atoms with van der Waals surface area (Å²) < 4.78 is 38.7. The number of nitrogens with one attached hydrogen (secondary N) is 3. The first-order chi connectivity index (χ1) is 16.7. The van der Waals surface area contributed by atoms with Crippen molar-refractivity contribution < 1.29 is 22.7 Å². The predicted molar refractivity (Wildman–Crippen MR) is 129 cm³/mol. The number of hydrogen-bond acceptors (Lipinski definition) is 8. The number of anilines is 1. The summed E-state index contributed by atoms with van der Waals surface area (Å²) in [6, 6.07) is 5.94. The Morgan fingerprint density at radius 1 is 1.14 bits per heavy atom. The molecule has 1 aliphatic carbocycles. The summed E-state index contributed by atoms with van der Waals surface area (Å²) in [5, 5.41) is 9.00. The van der Waals surface area contributed by atoms with Gasteiger partial charge in [0.25, 0.3) is 5.56 Å². The van der Waals surface area contributed by atoms with Crippen LogP contribution in [0.5, 0.6) is 5.75 Å². The zero-order valence-electron chi connectivity index (χ0n) is 19.2. The maximum absolute atomic E-state index is 12.6. The Balaban J connectivity index is 1.21. The van der Waals surface area contributed by atoms with E-state index in [0.717, 1.165) is 0 Å². The number of H-pyrrole nitrogens is 1. The van der Waals surface area contributed by atoms with Gasteiger partial charge in [0.15, 0.2) is 0 Å². The zero-order valence-corrected chi connectivity index (χ0v) is 20.8. The lowest BCUT2D eigenvalue weighted by Gasteiger charge is -2.29. The molecule has 2 heterocycles. The van der Waals surface area contributed by atoms with Crippen LogP contribution in [0.3, 0.4) is 0 Å². The van der Waals surface area contributed by atoms with Gasteiger partial charge in [-0.15, -0.1) is 0 Å². The number of benzene rings is 1. The number of aromatic nitrogens is 2. The third-order valence-corrected chi connectivity index (χ3v) is 8.18. The molecule has 1 aliphatic heterocycles. The fourth-order valence-corrected chi connectivity index (χ4v) is 5.90. The van der Waals surface area contributed by atoms with E-state index in [2.05, 4.69) is 20.2 Å². The van der Waals surface area contributed by atoms with Crippen molar-refractivity contribution in [2.45, 2.75) is 55.2 Å². The molecule has 3 N–H and O–H groups in total. The summed E-state index contributed by atoms with van der Waals surface area (Å²) in [6.45, 7) is 1.00. The Morgan fingerprint density at radius 2 is 1.83 bits per heavy atom. The van der Waals surface area contributed by atoms with Gasteiger partial charge in [0.2, 0.25) is 10.0 Å². The minimum Gasteiger partial charge on any atom is -0.497 e. The molecule has 190 valence electrons. The highest BCUT2D eigenvalue weighted by Crippen LogP contribution is 2.26. The van der Waals surface area contributed by atoms with Gasteiger partial charge in [-0.05, 0) is 49.9 Å². The van der Waals surface area contributed by atoms with Crippen LogP contribution in [0, 0.1) is 0 Å². The molecule has 2 aliphatic rings. The number of methoxy groups -OCH3 is 1. The molecule has 0 radical (unpaired) electrons. The van der Waals surface area contributed by atoms with Gasteiger partial charge in [-0.25, -0.2) is 23.0 Å². The largest absolute Gasteiger partial charge is 0.497 e. The van der Waals surface area contributed by atoms with Crippen molar-refractivity contribution in [2.75, 3.05) is 25.1 Å². The van der Waals surface area contributed by atoms with Crippen LogP contribution in [0.1, 0.15) is 32.1 Å². The number of halogens is 1. The second-order valence-corrected chi connectivity index (χ2v) is 10.7. The van der Waals surface area contributed by atoms with Crippen LogP contribution in [0.15, 0.2) is 40.2 Å². The monoisotopic (exact) mass is 525 g/mol. The predicted octanol–water partition coefficient (Wildman–Crippen LogP) is 2.03. The molecule has 1 saturated carbocycles. The Bertz CT molecular complexity index is 1200. The van der Waals surface area contributed by atoms with Crippen molar-refractivity contribution in [2.24, 2.45) is 0 Å². The molecule has 0 spiro atoms. The SMILES string of the molecule is COc1ccc(S(=O)(=O)NC2CCC(NC(=O)O[C@@H]3CCN(c4cn[nH]c(=O)c4Cl)C3)CC2)cc1. The third-order valence-electron chi connectivity index (χ3n) is 6.28. The van der Waals surface area contributed by atoms with E-state index >= 15 is 0 Å². The fraction of sp³-hybridized carbons (Fsp3) is 0.500. The van der Waals surface area contributed by atoms with Crippen LogP contribution in [0.25, 0.3) is 0 Å². The second kappa shape index (κ2) is 10.8. The number of hydrogen-bond donors (Lipinski definition) is 3. The van der Waals surface area contributed by atoms with E-state index in [0.29, 0.717) is 56.6 Å². The topological polar surface area (TPSA) is 143 Å². The number of carbonyl (C=O) groups is 1. The first-order valence-electron chi connectivity index (χ1n) is 11.4. The first-order valence-corrected chi connectivity index (χ1v) is 13.2. The van der Waals surface area contributed by atoms with E-state index in [9.17, 15) is 18.0 Å². The lowest BCUT2D eigenvalue weighted by molar-refractivity contribution is 0.102. The third kappa shape index (κ3) is 6.24. The van der Waals surface area contributed by atoms with E-state index in [1.807, 2.05) is 4.90 Å². The standard InChI is InChI=1S/C22H28ClN5O6S/c1-33-16-6-8-18(9-7-16)35(31,32)27-15-4-2-14(3-5-15)25-22(30)34-17-10-11-28(13-17)19-12-24-26-21(29)20(19)23/h6-9,12,14-15,17,27H,2-5,10-11,13H2,1H3,(H,25,30)(H,26,29)/t14?,15?,17-/m1/s1. The van der Waals surface area contributed by atoms with Crippen LogP contribution in [0.4, 0.5) is 10.5 Å². The summed E-state index contributed by atoms with van der Waals surface area (Å²) >= 11 is 6.06. The molecular weight excluding hydrogens is 498 g/mol. The number of ether oxygens (including phenoxy) is 2. The summed E-state index contributed by atoms with van der Waals surface area (Å²) in [6.07, 6.45) is 3.72. The van der Waals surface area contributed by atoms with Crippen molar-refractivity contribution in [1.29, 1.82) is 0 Å². The van der Waals surface area contributed by atoms with Crippen LogP contribution in [-0.2, 0) is 14.8 Å². The highest BCUT2D eigenvalue weighted by molar-refractivity contribution is 7.89. The molecule has 1 aromatic carbocycles. The molecule has 13 heteroatoms. The molecule has 1 amide bonds. The minimum absolute atomic E-state index is 0.0597. The number of alkyl carbamates (subject to hydrolysis) is 1. The molecule has 1 aromatic heterocycles. The van der Waals surface area contributed by atoms with E-state index in [1.165, 1.54) is 25.4 Å². The van der Waals surface area contributed by atoms with Crippen molar-refractivity contribution in [3.05, 3.63) is 45.8 Å². The molecule has 11 nitrogen and oxygen atoms in total. The van der Waals surface area contributed by atoms with Gasteiger partial charge in [-0.1, -0.05) is 11.6 Å². The molecule has 0 bridgehead atoms. The number of sulfonamides is 1. The van der Waals surface area contributed by atoms with E-state index < -0.39 is 21.7 Å². The van der Waals surface area contributed by atoms with Gasteiger partial charge in [-0.2, -0.15) is 5.10 Å². The van der Waals surface area contributed by atoms with Crippen LogP contribution in [-0.4, -0.2) is 63.1 Å². The highest BCUT2D eigenvalue weighted by atomic mass is 35.5. The number of amides is 1. The lowest BCUT2D eigenvalue weighted by atomic mass is 9.92. The van der Waals surface area contributed by atoms with E-state index in [1.54, 1.807) is 12.1 Å². The van der Waals surface area contributed by atoms with E-state index in [4.69, 9.17) is 21.1 Å². The minimum atomic E-state index is -3.63. The Labute approximate surface area is 208 Å². The molecule has 2 fully saturated rings. The molecule has 4 rings (SSSR count). The summed E-state index contributed by atoms with van der Waals surface area (Å²) in [5.41, 5.74) is 0.0468. The molecule has 2 aromatic rings. The Morgan fingerprint density at radius 3 is 2.51 bits per heavy atom. The average Bonchev–Trinajstić information content (AvgIpc) is 3.30. The summed E-state index contributed by atoms with van der Waals surface area (Å²) in [4.78, 5) is 26.1. The van der Waals surface area contributed by atoms with Gasteiger partial charge in [0.1, 0.15) is 16.9 Å². The van der Waals surface area contributed by atoms with Gasteiger partial charge in [0, 0.05) is 25.0 Å². The number of carbonyl (C=O) groups excluding carboxylic acids is 1. The van der Waals surface area contributed by atoms with Crippen molar-refractivity contribution in [3.63, 3.8) is 0 Å². The Kier molecular flexibility index (Phi) is 7.82. The Hall–Kier alpha value is -2.83. The van der Waals surface area contributed by atoms with E-state index in [-0.39, 0.29) is 28.1 Å². The quantitative estimate of drug-likeness (QED) is 0.498. The van der Waals surface area contributed by atoms with Gasteiger partial charge >= 0.3 is 6.09 Å². The number of nitrogens with zero attached hydrogens (tertiary/aromatic N) is 2. The van der Waals surface area contributed by atoms with Crippen molar-refractivity contribution in [3.8, 4) is 5.75 Å². The number of rotatable bonds is 7. The van der Waals surface area contributed by atoms with Crippen LogP contribution < -0.4 is 25.2 Å². The number of aromatic amines is 1. The fourth-order valence-electron chi connectivity index (χ4n) is 4.39. The summed E-state index contributed by atoms with van der Waals surface area (Å²) in [7, 11) is -2.11. The highest BCUT2D eigenvalue weighted by Gasteiger charge is 2.30. The molecular formula is C22H28ClN5O6S. The zero-order chi connectivity index (χ0) is 25.0. The molecule has 1 atom stereocenters. The van der Waals surface area contributed by atoms with Crippen molar-refractivity contribution in [1.82, 2.24) is 20.2 Å². The van der Waals surface area contributed by atoms with Crippen LogP contribution in [0.2, 0.25) is 5.02 Å². The van der Waals surface area contributed by atoms with Gasteiger partial charge in [-0.3, -0.25) is 4.79 Å². The summed E-state index contributed by atoms with van der Waals surface area (Å²) in [5.74, 6) is 0.587. The average molecular weight is 526 g/mol. The maximum Gasteiger partial charge on any atom is 0.407 e. The molecule has 0 unspecified atom stereocenters. The first kappa shape index (κ1) is 25.3. The smallest absolute Gasteiger partial charge is 0.407 e. The lowest BCUT2D eigenvalue weighted by Crippen LogP contribution is -2.44. The molecule has 1 saturated heterocycles. The maximum atomic E-state index is 12.6. The second-order valence-electron chi connectivity index (χ2n) is 8.65. The van der Waals surface area contributed by atoms with Crippen molar-refractivity contribution >= 4 is 33.4 Å². The van der Waals surface area contributed by atoms with Gasteiger partial charge < -0.3 is 19.7 Å². The van der Waals surface area contributed by atoms with Crippen LogP contribution >= 0.6 is 11.6 Å². The van der Waals surface area contributed by atoms with Gasteiger partial charge in [0.05, 0.1) is 30.4 Å².